The van der Waals surface area contributed by atoms with Crippen molar-refractivity contribution in [3.63, 3.8) is 0 Å². The molecule has 0 aromatic heterocycles. The predicted molar refractivity (Wildman–Crippen MR) is 71.8 cm³/mol. The van der Waals surface area contributed by atoms with E-state index >= 15 is 0 Å². The Balaban J connectivity index is 2.11. The topological polar surface area (TPSA) is 55.2 Å². The van der Waals surface area contributed by atoms with E-state index in [1.54, 1.807) is 19.1 Å². The van der Waals surface area contributed by atoms with E-state index in [4.69, 9.17) is 0 Å². The van der Waals surface area contributed by atoms with Crippen molar-refractivity contribution >= 4 is 23.1 Å². The van der Waals surface area contributed by atoms with Crippen molar-refractivity contribution in [2.24, 2.45) is 0 Å². The Bertz CT molecular complexity index is 437. The molecular formula is C12H16N2O2S. The molecule has 2 rings (SSSR count). The van der Waals surface area contributed by atoms with Gasteiger partial charge in [0.05, 0.1) is 4.92 Å². The van der Waals surface area contributed by atoms with Gasteiger partial charge in [-0.2, -0.15) is 11.8 Å². The Labute approximate surface area is 105 Å². The number of nitro benzene ring substituents is 1. The molecule has 1 aromatic rings. The maximum absolute atomic E-state index is 10.8. The molecule has 92 valence electrons. The van der Waals surface area contributed by atoms with Gasteiger partial charge in [0.25, 0.3) is 5.69 Å². The maximum Gasteiger partial charge on any atom is 0.274 e. The third-order valence-electron chi connectivity index (χ3n) is 2.97. The second-order valence-corrected chi connectivity index (χ2v) is 5.95. The number of aryl methyl sites for hydroxylation is 1. The molecule has 1 aliphatic heterocycles. The molecule has 1 N–H and O–H groups in total. The minimum Gasteiger partial charge on any atom is -0.381 e. The zero-order valence-corrected chi connectivity index (χ0v) is 10.8. The molecule has 2 atom stereocenters. The molecule has 1 heterocycles. The average molecular weight is 252 g/mol. The van der Waals surface area contributed by atoms with Crippen LogP contribution in [0.1, 0.15) is 18.9 Å². The lowest BCUT2D eigenvalue weighted by Gasteiger charge is -2.13. The molecule has 2 unspecified atom stereocenters. The van der Waals surface area contributed by atoms with E-state index in [0.717, 1.165) is 17.9 Å². The highest BCUT2D eigenvalue weighted by molar-refractivity contribution is 8.00. The number of nitrogens with zero attached hydrogens (tertiary/aromatic N) is 1. The number of thioether (sulfide) groups is 1. The molecule has 0 spiro atoms. The summed E-state index contributed by atoms with van der Waals surface area (Å²) in [5, 5.41) is 14.9. The molecule has 1 aliphatic rings. The summed E-state index contributed by atoms with van der Waals surface area (Å²) in [5.41, 5.74) is 1.74. The SMILES string of the molecule is Cc1ccc(NC2CSC(C)C2)cc1[N+](=O)[O-]. The smallest absolute Gasteiger partial charge is 0.274 e. The van der Waals surface area contributed by atoms with Crippen LogP contribution in [0, 0.1) is 17.0 Å². The molecule has 5 heteroatoms. The highest BCUT2D eigenvalue weighted by atomic mass is 32.2. The molecule has 0 amide bonds. The van der Waals surface area contributed by atoms with Gasteiger partial charge >= 0.3 is 0 Å². The van der Waals surface area contributed by atoms with Crippen molar-refractivity contribution < 1.29 is 4.92 Å². The van der Waals surface area contributed by atoms with Crippen LogP contribution in [0.5, 0.6) is 0 Å². The van der Waals surface area contributed by atoms with Crippen LogP contribution in [0.4, 0.5) is 11.4 Å². The molecule has 17 heavy (non-hydrogen) atoms. The largest absolute Gasteiger partial charge is 0.381 e. The van der Waals surface area contributed by atoms with E-state index in [0.29, 0.717) is 16.9 Å². The minimum atomic E-state index is -0.327. The number of nitrogens with one attached hydrogen (secondary N) is 1. The molecule has 1 fully saturated rings. The van der Waals surface area contributed by atoms with Gasteiger partial charge in [-0.15, -0.1) is 0 Å². The first kappa shape index (κ1) is 12.2. The Morgan fingerprint density at radius 2 is 2.29 bits per heavy atom. The summed E-state index contributed by atoms with van der Waals surface area (Å²) in [5.74, 6) is 1.07. The number of rotatable bonds is 3. The third-order valence-corrected chi connectivity index (χ3v) is 4.33. The normalized spacial score (nSPS) is 23.6. The third kappa shape index (κ3) is 2.91. The molecule has 0 aliphatic carbocycles. The van der Waals surface area contributed by atoms with Crippen LogP contribution in [0.3, 0.4) is 0 Å². The molecule has 0 bridgehead atoms. The predicted octanol–water partition coefficient (Wildman–Crippen LogP) is 3.21. The second-order valence-electron chi connectivity index (χ2n) is 4.48. The van der Waals surface area contributed by atoms with Gasteiger partial charge in [-0.1, -0.05) is 13.0 Å². The first-order chi connectivity index (χ1) is 8.06. The fourth-order valence-corrected chi connectivity index (χ4v) is 3.20. The highest BCUT2D eigenvalue weighted by Crippen LogP contribution is 2.29. The Hall–Kier alpha value is -1.23. The van der Waals surface area contributed by atoms with Gasteiger partial charge in [0.2, 0.25) is 0 Å². The summed E-state index contributed by atoms with van der Waals surface area (Å²) in [7, 11) is 0. The van der Waals surface area contributed by atoms with Gasteiger partial charge in [-0.25, -0.2) is 0 Å². The van der Waals surface area contributed by atoms with Gasteiger partial charge in [0.15, 0.2) is 0 Å². The minimum absolute atomic E-state index is 0.189. The van der Waals surface area contributed by atoms with Crippen molar-refractivity contribution in [2.45, 2.75) is 31.6 Å². The molecule has 1 aromatic carbocycles. The maximum atomic E-state index is 10.8. The van der Waals surface area contributed by atoms with Crippen LogP contribution in [0.25, 0.3) is 0 Å². The summed E-state index contributed by atoms with van der Waals surface area (Å²) < 4.78 is 0. The van der Waals surface area contributed by atoms with E-state index in [2.05, 4.69) is 12.2 Å². The Morgan fingerprint density at radius 3 is 2.88 bits per heavy atom. The second kappa shape index (κ2) is 4.96. The van der Waals surface area contributed by atoms with Crippen LogP contribution in [-0.2, 0) is 0 Å². The van der Waals surface area contributed by atoms with E-state index in [1.807, 2.05) is 17.8 Å². The molecular weight excluding hydrogens is 236 g/mol. The fourth-order valence-electron chi connectivity index (χ4n) is 2.05. The van der Waals surface area contributed by atoms with Crippen molar-refractivity contribution in [3.8, 4) is 0 Å². The van der Waals surface area contributed by atoms with Crippen molar-refractivity contribution in [3.05, 3.63) is 33.9 Å². The van der Waals surface area contributed by atoms with Crippen molar-refractivity contribution in [2.75, 3.05) is 11.1 Å². The summed E-state index contributed by atoms with van der Waals surface area (Å²) >= 11 is 1.94. The summed E-state index contributed by atoms with van der Waals surface area (Å²) in [6, 6.07) is 5.77. The first-order valence-corrected chi connectivity index (χ1v) is 6.74. The monoisotopic (exact) mass is 252 g/mol. The lowest BCUT2D eigenvalue weighted by Crippen LogP contribution is -2.18. The first-order valence-electron chi connectivity index (χ1n) is 5.69. The number of nitro groups is 1. The van der Waals surface area contributed by atoms with Crippen LogP contribution in [-0.4, -0.2) is 22.0 Å². The van der Waals surface area contributed by atoms with Crippen molar-refractivity contribution in [1.82, 2.24) is 0 Å². The lowest BCUT2D eigenvalue weighted by molar-refractivity contribution is -0.385. The fraction of sp³-hybridized carbons (Fsp3) is 0.500. The molecule has 4 nitrogen and oxygen atoms in total. The standard InChI is InChI=1S/C12H16N2O2S/c1-8-3-4-10(6-12(8)14(15)16)13-11-5-9(2)17-7-11/h3-4,6,9,11,13H,5,7H2,1-2H3. The Kier molecular flexibility index (Phi) is 3.57. The summed E-state index contributed by atoms with van der Waals surface area (Å²) in [6.07, 6.45) is 1.12. The highest BCUT2D eigenvalue weighted by Gasteiger charge is 2.22. The molecule has 0 radical (unpaired) electrons. The summed E-state index contributed by atoms with van der Waals surface area (Å²) in [4.78, 5) is 10.5. The average Bonchev–Trinajstić information content (AvgIpc) is 2.66. The zero-order valence-electron chi connectivity index (χ0n) is 9.97. The van der Waals surface area contributed by atoms with E-state index < -0.39 is 0 Å². The number of hydrogen-bond donors (Lipinski definition) is 1. The number of anilines is 1. The van der Waals surface area contributed by atoms with Gasteiger partial charge in [-0.3, -0.25) is 10.1 Å². The molecule has 1 saturated heterocycles. The molecule has 0 saturated carbocycles. The van der Waals surface area contributed by atoms with E-state index in [-0.39, 0.29) is 10.6 Å². The van der Waals surface area contributed by atoms with Crippen LogP contribution in [0.2, 0.25) is 0 Å². The number of benzene rings is 1. The van der Waals surface area contributed by atoms with Gasteiger partial charge in [-0.05, 0) is 19.4 Å². The van der Waals surface area contributed by atoms with E-state index in [9.17, 15) is 10.1 Å². The zero-order chi connectivity index (χ0) is 12.4. The Morgan fingerprint density at radius 1 is 1.53 bits per heavy atom. The lowest BCUT2D eigenvalue weighted by atomic mass is 10.1. The van der Waals surface area contributed by atoms with Crippen LogP contribution >= 0.6 is 11.8 Å². The van der Waals surface area contributed by atoms with Gasteiger partial charge in [0, 0.05) is 34.4 Å². The summed E-state index contributed by atoms with van der Waals surface area (Å²) in [6.45, 7) is 3.97. The van der Waals surface area contributed by atoms with Crippen molar-refractivity contribution in [1.29, 1.82) is 0 Å². The quantitative estimate of drug-likeness (QED) is 0.663. The van der Waals surface area contributed by atoms with Gasteiger partial charge in [0.1, 0.15) is 0 Å². The van der Waals surface area contributed by atoms with Crippen LogP contribution in [0.15, 0.2) is 18.2 Å². The number of hydrogen-bond acceptors (Lipinski definition) is 4. The van der Waals surface area contributed by atoms with Gasteiger partial charge < -0.3 is 5.32 Å². The van der Waals surface area contributed by atoms with E-state index in [1.165, 1.54) is 0 Å². The van der Waals surface area contributed by atoms with Crippen LogP contribution < -0.4 is 5.32 Å².